The van der Waals surface area contributed by atoms with Crippen molar-refractivity contribution in [2.75, 3.05) is 0 Å². The molecule has 4 nitrogen and oxygen atoms in total. The maximum Gasteiger partial charge on any atom is 0.267 e. The molecule has 0 saturated heterocycles. The van der Waals surface area contributed by atoms with Crippen molar-refractivity contribution in [1.29, 1.82) is 0 Å². The second-order valence-electron chi connectivity index (χ2n) is 6.42. The van der Waals surface area contributed by atoms with E-state index in [-0.39, 0.29) is 6.10 Å². The fourth-order valence-electron chi connectivity index (χ4n) is 2.77. The van der Waals surface area contributed by atoms with E-state index in [0.717, 1.165) is 70.6 Å². The molecule has 2 atom stereocenters. The predicted molar refractivity (Wildman–Crippen MR) is 92.7 cm³/mol. The lowest BCUT2D eigenvalue weighted by atomic mass is 10.0. The Morgan fingerprint density at radius 3 is 1.64 bits per heavy atom. The molecule has 0 radical (unpaired) electrons. The molecule has 0 heterocycles. The Bertz CT molecular complexity index is 341. The molecule has 0 rings (SSSR count). The first-order chi connectivity index (χ1) is 10.4. The average molecular weight is 337 g/mol. The van der Waals surface area contributed by atoms with Gasteiger partial charge in [0.05, 0.1) is 11.4 Å². The second kappa shape index (κ2) is 13.3. The summed E-state index contributed by atoms with van der Waals surface area (Å²) in [6, 6.07) is 0. The summed E-state index contributed by atoms with van der Waals surface area (Å²) in [5.41, 5.74) is 0. The van der Waals surface area contributed by atoms with Crippen LogP contribution in [-0.2, 0) is 10.1 Å². The van der Waals surface area contributed by atoms with Crippen LogP contribution >= 0.6 is 0 Å². The molecule has 2 N–H and O–H groups in total. The number of unbranched alkanes of at least 4 members (excludes halogenated alkanes) is 6. The van der Waals surface area contributed by atoms with E-state index in [9.17, 15) is 18.1 Å². The zero-order chi connectivity index (χ0) is 16.8. The van der Waals surface area contributed by atoms with Crippen LogP contribution < -0.4 is 0 Å². The minimum absolute atomic E-state index is 0.264. The summed E-state index contributed by atoms with van der Waals surface area (Å²) in [6.45, 7) is 4.26. The number of hydrogen-bond donors (Lipinski definition) is 2. The molecule has 0 bridgehead atoms. The summed E-state index contributed by atoms with van der Waals surface area (Å²) in [6.07, 6.45) is 11.4. The summed E-state index contributed by atoms with van der Waals surface area (Å²) in [5.74, 6) is 0. The van der Waals surface area contributed by atoms with Gasteiger partial charge in [-0.05, 0) is 25.7 Å². The molecule has 0 aliphatic carbocycles. The summed E-state index contributed by atoms with van der Waals surface area (Å²) < 4.78 is 32.1. The molecule has 134 valence electrons. The largest absolute Gasteiger partial charge is 0.393 e. The molecule has 0 amide bonds. The highest BCUT2D eigenvalue weighted by atomic mass is 32.2. The number of hydrogen-bond acceptors (Lipinski definition) is 3. The Morgan fingerprint density at radius 2 is 1.14 bits per heavy atom. The maximum atomic E-state index is 11.4. The molecule has 5 heteroatoms. The van der Waals surface area contributed by atoms with Gasteiger partial charge in [0.15, 0.2) is 0 Å². The Kier molecular flexibility index (Phi) is 13.2. The smallest absolute Gasteiger partial charge is 0.267 e. The summed E-state index contributed by atoms with van der Waals surface area (Å²) in [5, 5.41) is 9.21. The fraction of sp³-hybridized carbons (Fsp3) is 1.00. The lowest BCUT2D eigenvalue weighted by Gasteiger charge is -2.14. The van der Waals surface area contributed by atoms with Crippen LogP contribution in [0.5, 0.6) is 0 Å². The Morgan fingerprint density at radius 1 is 0.727 bits per heavy atom. The molecule has 0 aliphatic rings. The van der Waals surface area contributed by atoms with Crippen molar-refractivity contribution in [3.05, 3.63) is 0 Å². The van der Waals surface area contributed by atoms with Gasteiger partial charge in [0, 0.05) is 0 Å². The van der Waals surface area contributed by atoms with Crippen molar-refractivity contribution in [1.82, 2.24) is 0 Å². The topological polar surface area (TPSA) is 74.6 Å². The summed E-state index contributed by atoms with van der Waals surface area (Å²) in [7, 11) is -3.93. The lowest BCUT2D eigenvalue weighted by molar-refractivity contribution is 0.147. The van der Waals surface area contributed by atoms with Crippen LogP contribution in [0.15, 0.2) is 0 Å². The van der Waals surface area contributed by atoms with Crippen LogP contribution in [0.25, 0.3) is 0 Å². The van der Waals surface area contributed by atoms with Gasteiger partial charge in [-0.1, -0.05) is 71.6 Å². The molecule has 0 aromatic carbocycles. The first-order valence-corrected chi connectivity index (χ1v) is 10.6. The molecule has 22 heavy (non-hydrogen) atoms. The summed E-state index contributed by atoms with van der Waals surface area (Å²) >= 11 is 0. The van der Waals surface area contributed by atoms with Crippen molar-refractivity contribution >= 4 is 10.1 Å². The quantitative estimate of drug-likeness (QED) is 0.335. The molecule has 0 aromatic rings. The van der Waals surface area contributed by atoms with Crippen LogP contribution in [0.1, 0.15) is 97.3 Å². The highest BCUT2D eigenvalue weighted by Crippen LogP contribution is 2.19. The first-order valence-electron chi connectivity index (χ1n) is 9.06. The third kappa shape index (κ3) is 12.4. The molecular formula is C17H36O4S. The standard InChI is InChI=1S/C17H36O4S/c1-3-5-7-9-14-17(22(19,20)21)15-11-10-13-16(18)12-8-6-4-2/h16-18H,3-15H2,1-2H3,(H,19,20,21). The van der Waals surface area contributed by atoms with Crippen LogP contribution in [0.2, 0.25) is 0 Å². The van der Waals surface area contributed by atoms with E-state index in [1.165, 1.54) is 0 Å². The number of rotatable bonds is 15. The predicted octanol–water partition coefficient (Wildman–Crippen LogP) is 4.71. The Labute approximate surface area is 137 Å². The zero-order valence-electron chi connectivity index (χ0n) is 14.5. The molecule has 0 spiro atoms. The minimum atomic E-state index is -3.93. The Balaban J connectivity index is 3.89. The third-order valence-electron chi connectivity index (χ3n) is 4.26. The van der Waals surface area contributed by atoms with Crippen molar-refractivity contribution in [3.8, 4) is 0 Å². The summed E-state index contributed by atoms with van der Waals surface area (Å²) in [4.78, 5) is 0. The third-order valence-corrected chi connectivity index (χ3v) is 5.57. The zero-order valence-corrected chi connectivity index (χ0v) is 15.3. The average Bonchev–Trinajstić information content (AvgIpc) is 2.44. The van der Waals surface area contributed by atoms with E-state index in [1.807, 2.05) is 0 Å². The molecule has 0 aliphatic heterocycles. The van der Waals surface area contributed by atoms with Gasteiger partial charge in [0.1, 0.15) is 0 Å². The minimum Gasteiger partial charge on any atom is -0.393 e. The van der Waals surface area contributed by atoms with Gasteiger partial charge in [-0.3, -0.25) is 4.55 Å². The van der Waals surface area contributed by atoms with Gasteiger partial charge in [-0.15, -0.1) is 0 Å². The van der Waals surface area contributed by atoms with Gasteiger partial charge in [-0.25, -0.2) is 0 Å². The maximum absolute atomic E-state index is 11.4. The van der Waals surface area contributed by atoms with Crippen LogP contribution in [0.3, 0.4) is 0 Å². The fourth-order valence-corrected chi connectivity index (χ4v) is 3.70. The number of aliphatic hydroxyl groups excluding tert-OH is 1. The van der Waals surface area contributed by atoms with E-state index in [4.69, 9.17) is 0 Å². The number of aliphatic hydroxyl groups is 1. The monoisotopic (exact) mass is 336 g/mol. The first kappa shape index (κ1) is 21.9. The molecule has 2 unspecified atom stereocenters. The van der Waals surface area contributed by atoms with E-state index < -0.39 is 15.4 Å². The molecular weight excluding hydrogens is 300 g/mol. The lowest BCUT2D eigenvalue weighted by Crippen LogP contribution is -2.20. The van der Waals surface area contributed by atoms with Crippen molar-refractivity contribution < 1.29 is 18.1 Å². The van der Waals surface area contributed by atoms with Crippen molar-refractivity contribution in [2.24, 2.45) is 0 Å². The van der Waals surface area contributed by atoms with E-state index in [0.29, 0.717) is 12.8 Å². The second-order valence-corrected chi connectivity index (χ2v) is 8.12. The van der Waals surface area contributed by atoms with Crippen LogP contribution in [-0.4, -0.2) is 29.4 Å². The van der Waals surface area contributed by atoms with Crippen LogP contribution in [0.4, 0.5) is 0 Å². The van der Waals surface area contributed by atoms with Gasteiger partial charge in [0.2, 0.25) is 0 Å². The van der Waals surface area contributed by atoms with Crippen molar-refractivity contribution in [3.63, 3.8) is 0 Å². The normalized spacial score (nSPS) is 14.9. The molecule has 0 saturated carbocycles. The molecule has 0 fully saturated rings. The van der Waals surface area contributed by atoms with Crippen molar-refractivity contribution in [2.45, 2.75) is 109 Å². The SMILES string of the molecule is CCCCCCC(CCCCC(O)CCCCC)S(=O)(=O)O. The highest BCUT2D eigenvalue weighted by Gasteiger charge is 2.21. The van der Waals surface area contributed by atoms with Gasteiger partial charge in [-0.2, -0.15) is 8.42 Å². The van der Waals surface area contributed by atoms with E-state index >= 15 is 0 Å². The van der Waals surface area contributed by atoms with Gasteiger partial charge < -0.3 is 5.11 Å². The van der Waals surface area contributed by atoms with E-state index in [2.05, 4.69) is 13.8 Å². The highest BCUT2D eigenvalue weighted by molar-refractivity contribution is 7.86. The van der Waals surface area contributed by atoms with Crippen LogP contribution in [0, 0.1) is 0 Å². The van der Waals surface area contributed by atoms with Gasteiger partial charge >= 0.3 is 0 Å². The molecule has 0 aromatic heterocycles. The Hall–Kier alpha value is -0.130. The van der Waals surface area contributed by atoms with Gasteiger partial charge in [0.25, 0.3) is 10.1 Å². The van der Waals surface area contributed by atoms with E-state index in [1.54, 1.807) is 0 Å².